The summed E-state index contributed by atoms with van der Waals surface area (Å²) in [6.07, 6.45) is 5.93. The molecular weight excluding hydrogens is 348 g/mol. The van der Waals surface area contributed by atoms with E-state index in [0.717, 1.165) is 18.5 Å². The molecule has 0 spiro atoms. The minimum Gasteiger partial charge on any atom is -0.348 e. The molecule has 0 atom stereocenters. The maximum atomic E-state index is 12.7. The number of para-hydroxylation sites is 1. The lowest BCUT2D eigenvalue weighted by Gasteiger charge is -2.24. The van der Waals surface area contributed by atoms with Crippen molar-refractivity contribution in [3.8, 4) is 0 Å². The Kier molecular flexibility index (Phi) is 5.61. The third-order valence-corrected chi connectivity index (χ3v) is 5.10. The van der Waals surface area contributed by atoms with Crippen LogP contribution in [0.1, 0.15) is 41.7 Å². The van der Waals surface area contributed by atoms with Crippen LogP contribution in [0, 0.1) is 0 Å². The van der Waals surface area contributed by atoms with E-state index in [1.54, 1.807) is 6.07 Å². The molecular formula is C23H24N4O. The number of benzene rings is 2. The Morgan fingerprint density at radius 3 is 2.36 bits per heavy atom. The predicted octanol–water partition coefficient (Wildman–Crippen LogP) is 4.49. The molecule has 1 heterocycles. The monoisotopic (exact) mass is 372 g/mol. The number of hydrogen-bond donors (Lipinski definition) is 1. The zero-order valence-electron chi connectivity index (χ0n) is 15.8. The highest BCUT2D eigenvalue weighted by Crippen LogP contribution is 2.26. The minimum atomic E-state index is -0.122. The van der Waals surface area contributed by atoms with E-state index in [0.29, 0.717) is 18.1 Å². The van der Waals surface area contributed by atoms with Gasteiger partial charge >= 0.3 is 0 Å². The molecule has 2 aromatic carbocycles. The van der Waals surface area contributed by atoms with Gasteiger partial charge in [0, 0.05) is 24.3 Å². The van der Waals surface area contributed by atoms with Crippen LogP contribution in [0.4, 0.5) is 11.5 Å². The second-order valence-corrected chi connectivity index (χ2v) is 7.12. The van der Waals surface area contributed by atoms with Crippen molar-refractivity contribution in [2.24, 2.45) is 0 Å². The topological polar surface area (TPSA) is 58.1 Å². The third-order valence-electron chi connectivity index (χ3n) is 5.10. The van der Waals surface area contributed by atoms with Crippen LogP contribution in [-0.4, -0.2) is 21.9 Å². The summed E-state index contributed by atoms with van der Waals surface area (Å²) in [7, 11) is 0. The Balaban J connectivity index is 1.61. The second-order valence-electron chi connectivity index (χ2n) is 7.12. The number of carbonyl (C=O) groups excluding carboxylic acids is 1. The molecule has 0 saturated heterocycles. The zero-order valence-corrected chi connectivity index (χ0v) is 15.8. The Labute approximate surface area is 165 Å². The normalized spacial score (nSPS) is 14.0. The van der Waals surface area contributed by atoms with Crippen molar-refractivity contribution >= 4 is 17.4 Å². The largest absolute Gasteiger partial charge is 0.348 e. The Morgan fingerprint density at radius 1 is 0.964 bits per heavy atom. The van der Waals surface area contributed by atoms with Crippen LogP contribution in [0.15, 0.2) is 73.1 Å². The first-order valence-electron chi connectivity index (χ1n) is 9.79. The second kappa shape index (κ2) is 8.65. The molecule has 0 radical (unpaired) electrons. The summed E-state index contributed by atoms with van der Waals surface area (Å²) in [5.41, 5.74) is 2.60. The van der Waals surface area contributed by atoms with Gasteiger partial charge in [0.2, 0.25) is 0 Å². The number of carbonyl (C=O) groups is 1. The maximum absolute atomic E-state index is 12.7. The quantitative estimate of drug-likeness (QED) is 0.693. The van der Waals surface area contributed by atoms with E-state index in [1.165, 1.54) is 24.7 Å². The van der Waals surface area contributed by atoms with Gasteiger partial charge in [0.05, 0.1) is 0 Å². The molecule has 5 heteroatoms. The van der Waals surface area contributed by atoms with Crippen molar-refractivity contribution in [3.63, 3.8) is 0 Å². The van der Waals surface area contributed by atoms with Crippen LogP contribution in [0.3, 0.4) is 0 Å². The van der Waals surface area contributed by atoms with Crippen LogP contribution < -0.4 is 10.2 Å². The van der Waals surface area contributed by atoms with Gasteiger partial charge in [0.25, 0.3) is 5.91 Å². The molecule has 0 bridgehead atoms. The van der Waals surface area contributed by atoms with Gasteiger partial charge in [-0.3, -0.25) is 4.79 Å². The third kappa shape index (κ3) is 4.36. The van der Waals surface area contributed by atoms with Gasteiger partial charge in [0.1, 0.15) is 17.8 Å². The average molecular weight is 372 g/mol. The van der Waals surface area contributed by atoms with Gasteiger partial charge < -0.3 is 10.2 Å². The number of nitrogens with one attached hydrogen (secondary N) is 1. The fourth-order valence-electron chi connectivity index (χ4n) is 3.63. The lowest BCUT2D eigenvalue weighted by molar-refractivity contribution is 0.0932. The van der Waals surface area contributed by atoms with Gasteiger partial charge in [-0.05, 0) is 30.5 Å². The molecule has 1 aliphatic carbocycles. The highest BCUT2D eigenvalue weighted by molar-refractivity contribution is 5.93. The average Bonchev–Trinajstić information content (AvgIpc) is 3.26. The molecule has 1 saturated carbocycles. The maximum Gasteiger partial charge on any atom is 0.270 e. The molecule has 0 aliphatic heterocycles. The first-order valence-corrected chi connectivity index (χ1v) is 9.79. The van der Waals surface area contributed by atoms with Crippen LogP contribution in [0.5, 0.6) is 0 Å². The van der Waals surface area contributed by atoms with E-state index in [1.807, 2.05) is 48.5 Å². The first kappa shape index (κ1) is 18.2. The Hall–Kier alpha value is -3.21. The van der Waals surface area contributed by atoms with E-state index in [4.69, 9.17) is 0 Å². The predicted molar refractivity (Wildman–Crippen MR) is 110 cm³/mol. The molecule has 4 rings (SSSR count). The van der Waals surface area contributed by atoms with Gasteiger partial charge in [-0.1, -0.05) is 61.4 Å². The number of rotatable bonds is 6. The summed E-state index contributed by atoms with van der Waals surface area (Å²) < 4.78 is 0. The summed E-state index contributed by atoms with van der Waals surface area (Å²) in [4.78, 5) is 23.4. The van der Waals surface area contributed by atoms with Crippen molar-refractivity contribution in [1.29, 1.82) is 0 Å². The van der Waals surface area contributed by atoms with E-state index in [9.17, 15) is 4.79 Å². The number of aromatic nitrogens is 2. The summed E-state index contributed by atoms with van der Waals surface area (Å²) in [6.45, 7) is 0.658. The van der Waals surface area contributed by atoms with Crippen molar-refractivity contribution in [2.45, 2.75) is 38.3 Å². The van der Waals surface area contributed by atoms with Crippen molar-refractivity contribution in [2.75, 3.05) is 4.90 Å². The van der Waals surface area contributed by atoms with Gasteiger partial charge in [-0.2, -0.15) is 0 Å². The molecule has 1 N–H and O–H groups in total. The standard InChI is InChI=1S/C23H24N4O/c28-23(26-19-11-7-8-12-19)21-15-22(25-17-24-21)27(20-13-5-2-6-14-20)16-18-9-3-1-4-10-18/h1-6,9-10,13-15,17,19H,7-8,11-12,16H2,(H,26,28). The first-order chi connectivity index (χ1) is 13.8. The highest BCUT2D eigenvalue weighted by Gasteiger charge is 2.20. The fourth-order valence-corrected chi connectivity index (χ4v) is 3.63. The summed E-state index contributed by atoms with van der Waals surface area (Å²) >= 11 is 0. The molecule has 1 aromatic heterocycles. The van der Waals surface area contributed by atoms with Crippen LogP contribution in [0.25, 0.3) is 0 Å². The van der Waals surface area contributed by atoms with Crippen LogP contribution in [-0.2, 0) is 6.54 Å². The molecule has 28 heavy (non-hydrogen) atoms. The summed E-state index contributed by atoms with van der Waals surface area (Å²) in [6, 6.07) is 22.4. The van der Waals surface area contributed by atoms with Gasteiger partial charge in [-0.25, -0.2) is 9.97 Å². The molecule has 142 valence electrons. The van der Waals surface area contributed by atoms with Gasteiger partial charge in [-0.15, -0.1) is 0 Å². The lowest BCUT2D eigenvalue weighted by Crippen LogP contribution is -2.33. The Bertz CT molecular complexity index is 908. The van der Waals surface area contributed by atoms with E-state index in [2.05, 4.69) is 32.3 Å². The highest BCUT2D eigenvalue weighted by atomic mass is 16.1. The minimum absolute atomic E-state index is 0.122. The smallest absolute Gasteiger partial charge is 0.270 e. The summed E-state index contributed by atoms with van der Waals surface area (Å²) in [5.74, 6) is 0.588. The number of amides is 1. The number of anilines is 2. The van der Waals surface area contributed by atoms with E-state index in [-0.39, 0.29) is 11.9 Å². The SMILES string of the molecule is O=C(NC1CCCC1)c1cc(N(Cc2ccccc2)c2ccccc2)ncn1. The molecule has 3 aromatic rings. The van der Waals surface area contributed by atoms with Crippen LogP contribution in [0.2, 0.25) is 0 Å². The Morgan fingerprint density at radius 2 is 1.64 bits per heavy atom. The van der Waals surface area contributed by atoms with E-state index >= 15 is 0 Å². The van der Waals surface area contributed by atoms with Gasteiger partial charge in [0.15, 0.2) is 0 Å². The molecule has 1 amide bonds. The van der Waals surface area contributed by atoms with E-state index < -0.39 is 0 Å². The summed E-state index contributed by atoms with van der Waals surface area (Å²) in [5, 5.41) is 3.10. The zero-order chi connectivity index (χ0) is 19.2. The fraction of sp³-hybridized carbons (Fsp3) is 0.261. The van der Waals surface area contributed by atoms with Crippen molar-refractivity contribution in [3.05, 3.63) is 84.3 Å². The van der Waals surface area contributed by atoms with Crippen molar-refractivity contribution < 1.29 is 4.79 Å². The molecule has 0 unspecified atom stereocenters. The number of hydrogen-bond acceptors (Lipinski definition) is 4. The van der Waals surface area contributed by atoms with Crippen molar-refractivity contribution in [1.82, 2.24) is 15.3 Å². The molecule has 1 fully saturated rings. The number of nitrogens with zero attached hydrogens (tertiary/aromatic N) is 3. The molecule has 1 aliphatic rings. The van der Waals surface area contributed by atoms with Crippen LogP contribution >= 0.6 is 0 Å². The molecule has 5 nitrogen and oxygen atoms in total. The lowest BCUT2D eigenvalue weighted by atomic mass is 10.2.